The van der Waals surface area contributed by atoms with Gasteiger partial charge in [0.05, 0.1) is 11.2 Å². The Morgan fingerprint density at radius 1 is 1.07 bits per heavy atom. The molecule has 1 heterocycles. The van der Waals surface area contributed by atoms with Crippen LogP contribution in [-0.2, 0) is 0 Å². The number of pyridine rings is 1. The molecule has 3 rings (SSSR count). The minimum absolute atomic E-state index is 0.818. The summed E-state index contributed by atoms with van der Waals surface area (Å²) in [5, 5.41) is 1.21. The largest absolute Gasteiger partial charge is 0.248 e. The zero-order valence-corrected chi connectivity index (χ0v) is 8.56. The highest BCUT2D eigenvalue weighted by molar-refractivity contribution is 5.79. The van der Waals surface area contributed by atoms with E-state index in [4.69, 9.17) is 0 Å². The second-order valence-corrected chi connectivity index (χ2v) is 4.13. The van der Waals surface area contributed by atoms with Crippen LogP contribution in [0.3, 0.4) is 0 Å². The van der Waals surface area contributed by atoms with E-state index in [-0.39, 0.29) is 0 Å². The molecule has 0 atom stereocenters. The summed E-state index contributed by atoms with van der Waals surface area (Å²) in [5.41, 5.74) is 2.15. The van der Waals surface area contributed by atoms with Crippen molar-refractivity contribution in [1.82, 2.24) is 4.98 Å². The Bertz CT molecular complexity index is 509. The zero-order chi connectivity index (χ0) is 10.1. The number of nitrogens with zero attached hydrogens (tertiary/aromatic N) is 1. The summed E-state index contributed by atoms with van der Waals surface area (Å²) in [4.78, 5) is 4.59. The molecule has 0 aliphatic heterocycles. The standard InChI is InChI=1S/C14H13N/c1-2-4-14-12(3-1)8-10-13(15-14)9-7-11-5-6-11/h1-4,7-11H,5-6H2/b9-7+. The number of hydrogen-bond donors (Lipinski definition) is 0. The Morgan fingerprint density at radius 3 is 2.80 bits per heavy atom. The predicted molar refractivity (Wildman–Crippen MR) is 63.5 cm³/mol. The highest BCUT2D eigenvalue weighted by atomic mass is 14.7. The molecule has 15 heavy (non-hydrogen) atoms. The summed E-state index contributed by atoms with van der Waals surface area (Å²) in [6.07, 6.45) is 7.12. The molecule has 1 saturated carbocycles. The Kier molecular flexibility index (Phi) is 2.02. The van der Waals surface area contributed by atoms with Crippen LogP contribution in [0, 0.1) is 5.92 Å². The molecule has 1 aliphatic carbocycles. The Balaban J connectivity index is 1.98. The topological polar surface area (TPSA) is 12.9 Å². The lowest BCUT2D eigenvalue weighted by Crippen LogP contribution is -1.82. The van der Waals surface area contributed by atoms with Crippen molar-refractivity contribution >= 4 is 17.0 Å². The number of fused-ring (bicyclic) bond motifs is 1. The summed E-state index contributed by atoms with van der Waals surface area (Å²) in [6.45, 7) is 0. The molecule has 1 fully saturated rings. The van der Waals surface area contributed by atoms with E-state index in [1.165, 1.54) is 18.2 Å². The fourth-order valence-electron chi connectivity index (χ4n) is 1.70. The van der Waals surface area contributed by atoms with Crippen LogP contribution >= 0.6 is 0 Å². The van der Waals surface area contributed by atoms with E-state index in [9.17, 15) is 0 Å². The first-order valence-electron chi connectivity index (χ1n) is 5.46. The average molecular weight is 195 g/mol. The average Bonchev–Trinajstić information content (AvgIpc) is 3.10. The van der Waals surface area contributed by atoms with Gasteiger partial charge in [0.2, 0.25) is 0 Å². The van der Waals surface area contributed by atoms with Gasteiger partial charge in [0.25, 0.3) is 0 Å². The third kappa shape index (κ3) is 1.91. The first-order chi connectivity index (χ1) is 7.42. The number of hydrogen-bond acceptors (Lipinski definition) is 1. The van der Waals surface area contributed by atoms with Crippen molar-refractivity contribution < 1.29 is 0 Å². The first kappa shape index (κ1) is 8.66. The van der Waals surface area contributed by atoms with Crippen LogP contribution in [0.5, 0.6) is 0 Å². The van der Waals surface area contributed by atoms with Crippen molar-refractivity contribution in [2.75, 3.05) is 0 Å². The number of aromatic nitrogens is 1. The Hall–Kier alpha value is -1.63. The fourth-order valence-corrected chi connectivity index (χ4v) is 1.70. The fraction of sp³-hybridized carbons (Fsp3) is 0.214. The van der Waals surface area contributed by atoms with Gasteiger partial charge < -0.3 is 0 Å². The van der Waals surface area contributed by atoms with Crippen molar-refractivity contribution in [3.63, 3.8) is 0 Å². The van der Waals surface area contributed by atoms with Gasteiger partial charge in [-0.1, -0.05) is 30.3 Å². The van der Waals surface area contributed by atoms with Gasteiger partial charge in [0, 0.05) is 5.39 Å². The molecule has 0 spiro atoms. The van der Waals surface area contributed by atoms with Crippen molar-refractivity contribution in [1.29, 1.82) is 0 Å². The molecular weight excluding hydrogens is 182 g/mol. The van der Waals surface area contributed by atoms with Gasteiger partial charge in [0.1, 0.15) is 0 Å². The van der Waals surface area contributed by atoms with Crippen LogP contribution in [0.15, 0.2) is 42.5 Å². The van der Waals surface area contributed by atoms with Crippen LogP contribution in [0.4, 0.5) is 0 Å². The van der Waals surface area contributed by atoms with Gasteiger partial charge in [-0.05, 0) is 37.0 Å². The number of para-hydroxylation sites is 1. The molecule has 0 saturated heterocycles. The molecule has 0 N–H and O–H groups in total. The maximum atomic E-state index is 4.59. The summed E-state index contributed by atoms with van der Waals surface area (Å²) < 4.78 is 0. The molecule has 74 valence electrons. The molecule has 1 aromatic heterocycles. The second kappa shape index (κ2) is 3.50. The highest BCUT2D eigenvalue weighted by Crippen LogP contribution is 2.30. The van der Waals surface area contributed by atoms with E-state index >= 15 is 0 Å². The molecule has 1 nitrogen and oxygen atoms in total. The number of allylic oxidation sites excluding steroid dienone is 1. The summed E-state index contributed by atoms with van der Waals surface area (Å²) in [6, 6.07) is 12.4. The van der Waals surface area contributed by atoms with Gasteiger partial charge in [-0.25, -0.2) is 4.98 Å². The van der Waals surface area contributed by atoms with Gasteiger partial charge in [0.15, 0.2) is 0 Å². The molecule has 0 bridgehead atoms. The lowest BCUT2D eigenvalue weighted by atomic mass is 10.2. The van der Waals surface area contributed by atoms with Crippen LogP contribution in [0.1, 0.15) is 18.5 Å². The number of rotatable bonds is 2. The minimum atomic E-state index is 0.818. The molecule has 0 amide bonds. The summed E-state index contributed by atoms with van der Waals surface area (Å²) in [7, 11) is 0. The van der Waals surface area contributed by atoms with E-state index in [2.05, 4.69) is 41.4 Å². The van der Waals surface area contributed by atoms with E-state index in [1.807, 2.05) is 12.1 Å². The van der Waals surface area contributed by atoms with Crippen molar-refractivity contribution in [3.8, 4) is 0 Å². The maximum absolute atomic E-state index is 4.59. The van der Waals surface area contributed by atoms with Crippen molar-refractivity contribution in [2.45, 2.75) is 12.8 Å². The van der Waals surface area contributed by atoms with Gasteiger partial charge >= 0.3 is 0 Å². The van der Waals surface area contributed by atoms with Crippen molar-refractivity contribution in [2.24, 2.45) is 5.92 Å². The van der Waals surface area contributed by atoms with Crippen LogP contribution < -0.4 is 0 Å². The highest BCUT2D eigenvalue weighted by Gasteiger charge is 2.16. The van der Waals surface area contributed by atoms with Crippen molar-refractivity contribution in [3.05, 3.63) is 48.2 Å². The monoisotopic (exact) mass is 195 g/mol. The van der Waals surface area contributed by atoms with E-state index in [1.54, 1.807) is 0 Å². The van der Waals surface area contributed by atoms with E-state index < -0.39 is 0 Å². The molecule has 0 radical (unpaired) electrons. The van der Waals surface area contributed by atoms with Gasteiger partial charge in [-0.3, -0.25) is 0 Å². The molecule has 1 aliphatic rings. The normalized spacial score (nSPS) is 16.3. The quantitative estimate of drug-likeness (QED) is 0.712. The van der Waals surface area contributed by atoms with Gasteiger partial charge in [-0.2, -0.15) is 0 Å². The van der Waals surface area contributed by atoms with Crippen LogP contribution in [0.25, 0.3) is 17.0 Å². The van der Waals surface area contributed by atoms with E-state index in [0.29, 0.717) is 0 Å². The first-order valence-corrected chi connectivity index (χ1v) is 5.46. The predicted octanol–water partition coefficient (Wildman–Crippen LogP) is 3.66. The molecule has 2 aromatic rings. The lowest BCUT2D eigenvalue weighted by molar-refractivity contribution is 1.13. The maximum Gasteiger partial charge on any atom is 0.0709 e. The molecule has 0 unspecified atom stereocenters. The zero-order valence-electron chi connectivity index (χ0n) is 8.56. The SMILES string of the molecule is C(=C\C1CC1)/c1ccc2ccccc2n1. The van der Waals surface area contributed by atoms with Crippen LogP contribution in [-0.4, -0.2) is 4.98 Å². The third-order valence-corrected chi connectivity index (χ3v) is 2.78. The second-order valence-electron chi connectivity index (χ2n) is 4.13. The molecule has 1 heteroatoms. The summed E-state index contributed by atoms with van der Waals surface area (Å²) >= 11 is 0. The Morgan fingerprint density at radius 2 is 1.93 bits per heavy atom. The molecular formula is C14H13N. The summed E-state index contributed by atoms with van der Waals surface area (Å²) in [5.74, 6) is 0.818. The third-order valence-electron chi connectivity index (χ3n) is 2.78. The van der Waals surface area contributed by atoms with E-state index in [0.717, 1.165) is 17.1 Å². The van der Waals surface area contributed by atoms with Crippen LogP contribution in [0.2, 0.25) is 0 Å². The Labute approximate surface area is 89.5 Å². The lowest BCUT2D eigenvalue weighted by Gasteiger charge is -1.97. The van der Waals surface area contributed by atoms with Gasteiger partial charge in [-0.15, -0.1) is 0 Å². The minimum Gasteiger partial charge on any atom is -0.248 e. The molecule has 1 aromatic carbocycles. The number of benzene rings is 1. The smallest absolute Gasteiger partial charge is 0.0709 e.